The average molecular weight is 308 g/mol. The Hall–Kier alpha value is -1.36. The van der Waals surface area contributed by atoms with Gasteiger partial charge in [-0.25, -0.2) is 8.42 Å². The van der Waals surface area contributed by atoms with E-state index < -0.39 is 10.0 Å². The molecule has 6 nitrogen and oxygen atoms in total. The minimum Gasteiger partial charge on any atom is -0.497 e. The van der Waals surface area contributed by atoms with Gasteiger partial charge in [-0.3, -0.25) is 0 Å². The van der Waals surface area contributed by atoms with Crippen LogP contribution in [0.15, 0.2) is 29.2 Å². The van der Waals surface area contributed by atoms with Crippen LogP contribution in [0.2, 0.25) is 0 Å². The molecule has 1 aromatic rings. The highest BCUT2D eigenvalue weighted by Gasteiger charge is 2.20. The molecule has 0 aliphatic heterocycles. The topological polar surface area (TPSA) is 94.2 Å². The molecular weight excluding hydrogens is 290 g/mol. The van der Waals surface area contributed by atoms with E-state index in [2.05, 4.69) is 0 Å². The number of methoxy groups -OCH3 is 1. The van der Waals surface area contributed by atoms with E-state index in [0.717, 1.165) is 0 Å². The number of sulfonamides is 1. The molecule has 0 saturated heterocycles. The Labute approximate surface area is 120 Å². The SMILES string of the molecule is CCN(CC)S(=O)(=O)c1ccc(OC)cc1.Cl.N#N. The second kappa shape index (κ2) is 9.55. The van der Waals surface area contributed by atoms with E-state index in [1.54, 1.807) is 31.4 Å². The van der Waals surface area contributed by atoms with Gasteiger partial charge < -0.3 is 4.74 Å². The van der Waals surface area contributed by atoms with Gasteiger partial charge in [-0.15, -0.1) is 12.4 Å². The second-order valence-corrected chi connectivity index (χ2v) is 5.20. The highest BCUT2D eigenvalue weighted by molar-refractivity contribution is 7.89. The molecule has 0 N–H and O–H groups in total. The van der Waals surface area contributed by atoms with E-state index in [1.807, 2.05) is 13.8 Å². The minimum atomic E-state index is -3.35. The molecule has 0 amide bonds. The summed E-state index contributed by atoms with van der Waals surface area (Å²) in [6.07, 6.45) is 0. The first-order valence-electron chi connectivity index (χ1n) is 5.40. The summed E-state index contributed by atoms with van der Waals surface area (Å²) < 4.78 is 30.6. The van der Waals surface area contributed by atoms with Crippen molar-refractivity contribution in [3.8, 4) is 5.75 Å². The Balaban J connectivity index is 0. The lowest BCUT2D eigenvalue weighted by Gasteiger charge is -2.18. The molecule has 0 unspecified atom stereocenters. The van der Waals surface area contributed by atoms with Crippen LogP contribution in [-0.4, -0.2) is 32.9 Å². The zero-order chi connectivity index (χ0) is 14.2. The van der Waals surface area contributed by atoms with E-state index in [9.17, 15) is 8.42 Å². The number of hydrogen-bond donors (Lipinski definition) is 0. The smallest absolute Gasteiger partial charge is 0.243 e. The molecule has 1 rings (SSSR count). The highest BCUT2D eigenvalue weighted by atomic mass is 35.5. The predicted octanol–water partition coefficient (Wildman–Crippen LogP) is 2.18. The van der Waals surface area contributed by atoms with Gasteiger partial charge >= 0.3 is 0 Å². The van der Waals surface area contributed by atoms with Gasteiger partial charge in [0, 0.05) is 23.9 Å². The first-order valence-corrected chi connectivity index (χ1v) is 6.84. The molecule has 0 spiro atoms. The number of benzene rings is 1. The van der Waals surface area contributed by atoms with Crippen molar-refractivity contribution in [2.24, 2.45) is 0 Å². The lowest BCUT2D eigenvalue weighted by molar-refractivity contribution is 0.414. The van der Waals surface area contributed by atoms with Gasteiger partial charge in [-0.05, 0) is 24.3 Å². The summed E-state index contributed by atoms with van der Waals surface area (Å²) >= 11 is 0. The molecule has 0 aromatic heterocycles. The maximum atomic E-state index is 12.1. The molecular formula is C11H18ClN3O3S. The summed E-state index contributed by atoms with van der Waals surface area (Å²) in [6.45, 7) is 4.60. The van der Waals surface area contributed by atoms with Gasteiger partial charge in [0.2, 0.25) is 10.0 Å². The van der Waals surface area contributed by atoms with Gasteiger partial charge in [0.05, 0.1) is 12.0 Å². The van der Waals surface area contributed by atoms with Crippen molar-refractivity contribution in [2.45, 2.75) is 18.7 Å². The zero-order valence-electron chi connectivity index (χ0n) is 11.1. The lowest BCUT2D eigenvalue weighted by Crippen LogP contribution is -2.30. The number of hydrogen-bond acceptors (Lipinski definition) is 5. The van der Waals surface area contributed by atoms with Crippen molar-refractivity contribution in [2.75, 3.05) is 20.2 Å². The van der Waals surface area contributed by atoms with Crippen LogP contribution in [0.3, 0.4) is 0 Å². The Morgan fingerprint density at radius 1 is 1.11 bits per heavy atom. The summed E-state index contributed by atoms with van der Waals surface area (Å²) in [5.74, 6) is 0.651. The number of rotatable bonds is 5. The molecule has 108 valence electrons. The van der Waals surface area contributed by atoms with Crippen LogP contribution in [0.1, 0.15) is 13.8 Å². The normalized spacial score (nSPS) is 10.0. The third-order valence-corrected chi connectivity index (χ3v) is 4.47. The first-order chi connectivity index (χ1) is 8.56. The molecule has 0 fully saturated rings. The zero-order valence-corrected chi connectivity index (χ0v) is 12.7. The Bertz CT molecular complexity index is 470. The molecule has 0 aliphatic rings. The molecule has 0 saturated carbocycles. The van der Waals surface area contributed by atoms with Crippen LogP contribution in [0.25, 0.3) is 0 Å². The molecule has 0 atom stereocenters. The van der Waals surface area contributed by atoms with E-state index in [1.165, 1.54) is 4.31 Å². The van der Waals surface area contributed by atoms with E-state index in [-0.39, 0.29) is 12.4 Å². The maximum absolute atomic E-state index is 12.1. The Morgan fingerprint density at radius 2 is 1.53 bits per heavy atom. The van der Waals surface area contributed by atoms with Crippen LogP contribution in [0.5, 0.6) is 5.75 Å². The van der Waals surface area contributed by atoms with Gasteiger partial charge in [0.25, 0.3) is 0 Å². The molecule has 1 aromatic carbocycles. The monoisotopic (exact) mass is 307 g/mol. The summed E-state index contributed by atoms with van der Waals surface area (Å²) in [5.41, 5.74) is 0. The third-order valence-electron chi connectivity index (χ3n) is 2.40. The predicted molar refractivity (Wildman–Crippen MR) is 73.8 cm³/mol. The highest BCUT2D eigenvalue weighted by Crippen LogP contribution is 2.18. The van der Waals surface area contributed by atoms with Gasteiger partial charge in [-0.1, -0.05) is 13.8 Å². The summed E-state index contributed by atoms with van der Waals surface area (Å²) in [6, 6.07) is 6.42. The summed E-state index contributed by atoms with van der Waals surface area (Å²) in [4.78, 5) is 0.303. The van der Waals surface area contributed by atoms with Crippen LogP contribution in [0, 0.1) is 10.8 Å². The molecule has 19 heavy (non-hydrogen) atoms. The average Bonchev–Trinajstić information content (AvgIpc) is 2.42. The Kier molecular flexibility index (Phi) is 10.0. The number of ether oxygens (including phenoxy) is 1. The molecule has 0 bridgehead atoms. The first kappa shape index (κ1) is 20.0. The van der Waals surface area contributed by atoms with E-state index in [4.69, 9.17) is 15.5 Å². The van der Waals surface area contributed by atoms with Crippen LogP contribution < -0.4 is 4.74 Å². The molecule has 0 aliphatic carbocycles. The maximum Gasteiger partial charge on any atom is 0.243 e. The second-order valence-electron chi connectivity index (χ2n) is 3.26. The van der Waals surface area contributed by atoms with Crippen LogP contribution >= 0.6 is 12.4 Å². The van der Waals surface area contributed by atoms with Crippen molar-refractivity contribution in [1.29, 1.82) is 10.8 Å². The van der Waals surface area contributed by atoms with Crippen molar-refractivity contribution in [3.63, 3.8) is 0 Å². The molecule has 0 radical (unpaired) electrons. The van der Waals surface area contributed by atoms with Crippen LogP contribution in [-0.2, 0) is 10.0 Å². The standard InChI is InChI=1S/C11H17NO3S.ClH.N2/c1-4-12(5-2)16(13,14)11-8-6-10(15-3)7-9-11;;1-2/h6-9H,4-5H2,1-3H3;1H;. The van der Waals surface area contributed by atoms with Crippen LogP contribution in [0.4, 0.5) is 0 Å². The minimum absolute atomic E-state index is 0. The Morgan fingerprint density at radius 3 is 1.84 bits per heavy atom. The van der Waals surface area contributed by atoms with Gasteiger partial charge in [0.1, 0.15) is 5.75 Å². The van der Waals surface area contributed by atoms with Gasteiger partial charge in [-0.2, -0.15) is 4.31 Å². The fraction of sp³-hybridized carbons (Fsp3) is 0.455. The molecule has 0 heterocycles. The van der Waals surface area contributed by atoms with E-state index >= 15 is 0 Å². The quantitative estimate of drug-likeness (QED) is 0.777. The summed E-state index contributed by atoms with van der Waals surface area (Å²) in [7, 11) is -1.80. The van der Waals surface area contributed by atoms with Crippen molar-refractivity contribution < 1.29 is 13.2 Å². The van der Waals surface area contributed by atoms with Crippen molar-refractivity contribution in [3.05, 3.63) is 24.3 Å². The van der Waals surface area contributed by atoms with Gasteiger partial charge in [0.15, 0.2) is 0 Å². The number of nitrogens with zero attached hydrogens (tertiary/aromatic N) is 3. The van der Waals surface area contributed by atoms with Crippen molar-refractivity contribution in [1.82, 2.24) is 4.31 Å². The van der Waals surface area contributed by atoms with E-state index in [0.29, 0.717) is 23.7 Å². The lowest BCUT2D eigenvalue weighted by atomic mass is 10.3. The fourth-order valence-electron chi connectivity index (χ4n) is 1.46. The fourth-order valence-corrected chi connectivity index (χ4v) is 2.92. The third kappa shape index (κ3) is 5.03. The number of halogens is 1. The largest absolute Gasteiger partial charge is 0.497 e. The summed E-state index contributed by atoms with van der Waals surface area (Å²) in [5, 5.41) is 12.0. The molecule has 8 heteroatoms. The van der Waals surface area contributed by atoms with Crippen molar-refractivity contribution >= 4 is 22.4 Å².